The van der Waals surface area contributed by atoms with Crippen LogP contribution < -0.4 is 5.32 Å². The van der Waals surface area contributed by atoms with Crippen molar-refractivity contribution in [1.82, 2.24) is 4.98 Å². The highest BCUT2D eigenvalue weighted by atomic mass is 19.1. The Bertz CT molecular complexity index is 965. The van der Waals surface area contributed by atoms with Crippen LogP contribution in [-0.4, -0.2) is 10.9 Å². The fourth-order valence-corrected chi connectivity index (χ4v) is 3.38. The van der Waals surface area contributed by atoms with Gasteiger partial charge in [-0.15, -0.1) is 0 Å². The lowest BCUT2D eigenvalue weighted by molar-refractivity contribution is 0.102. The monoisotopic (exact) mass is 320 g/mol. The quantitative estimate of drug-likeness (QED) is 0.759. The van der Waals surface area contributed by atoms with Crippen molar-refractivity contribution in [1.29, 1.82) is 0 Å². The van der Waals surface area contributed by atoms with Gasteiger partial charge in [0.15, 0.2) is 0 Å². The molecule has 0 atom stereocenters. The van der Waals surface area contributed by atoms with Gasteiger partial charge in [-0.25, -0.2) is 4.39 Å². The minimum atomic E-state index is -0.360. The topological polar surface area (TPSA) is 42.0 Å². The van der Waals surface area contributed by atoms with Gasteiger partial charge < -0.3 is 5.32 Å². The summed E-state index contributed by atoms with van der Waals surface area (Å²) in [4.78, 5) is 17.7. The molecule has 0 unspecified atom stereocenters. The number of rotatable bonds is 2. The summed E-state index contributed by atoms with van der Waals surface area (Å²) in [5.74, 6) is -0.554. The lowest BCUT2D eigenvalue weighted by Crippen LogP contribution is -2.16. The molecule has 1 aromatic heterocycles. The summed E-state index contributed by atoms with van der Waals surface area (Å²) < 4.78 is 13.5. The summed E-state index contributed by atoms with van der Waals surface area (Å²) in [6, 6.07) is 12.1. The molecule has 0 saturated heterocycles. The Morgan fingerprint density at radius 2 is 2.00 bits per heavy atom. The molecule has 0 spiro atoms. The second kappa shape index (κ2) is 5.71. The molecular formula is C20H17FN2O. The Morgan fingerprint density at radius 1 is 1.17 bits per heavy atom. The third-order valence-electron chi connectivity index (χ3n) is 4.59. The molecule has 1 aliphatic rings. The van der Waals surface area contributed by atoms with E-state index in [1.807, 2.05) is 31.2 Å². The maximum Gasteiger partial charge on any atom is 0.256 e. The van der Waals surface area contributed by atoms with E-state index in [0.717, 1.165) is 47.0 Å². The molecule has 0 radical (unpaired) electrons. The van der Waals surface area contributed by atoms with Crippen LogP contribution in [-0.2, 0) is 12.8 Å². The van der Waals surface area contributed by atoms with Gasteiger partial charge in [-0.1, -0.05) is 24.3 Å². The highest BCUT2D eigenvalue weighted by molar-refractivity contribution is 6.14. The van der Waals surface area contributed by atoms with Crippen LogP contribution in [0.3, 0.4) is 0 Å². The van der Waals surface area contributed by atoms with Crippen molar-refractivity contribution in [3.63, 3.8) is 0 Å². The number of aromatic nitrogens is 1. The van der Waals surface area contributed by atoms with Crippen molar-refractivity contribution in [3.05, 3.63) is 70.7 Å². The Labute approximate surface area is 139 Å². The van der Waals surface area contributed by atoms with Crippen LogP contribution in [0.5, 0.6) is 0 Å². The van der Waals surface area contributed by atoms with Crippen molar-refractivity contribution >= 4 is 22.5 Å². The SMILES string of the molecule is Cc1ccc(F)cc1NC(=O)c1c2c(nc3ccccc13)CCC2. The highest BCUT2D eigenvalue weighted by Crippen LogP contribution is 2.30. The first-order valence-corrected chi connectivity index (χ1v) is 8.11. The number of fused-ring (bicyclic) bond motifs is 2. The minimum Gasteiger partial charge on any atom is -0.322 e. The molecular weight excluding hydrogens is 303 g/mol. The summed E-state index contributed by atoms with van der Waals surface area (Å²) in [6.45, 7) is 1.85. The molecule has 3 aromatic rings. The van der Waals surface area contributed by atoms with Crippen molar-refractivity contribution < 1.29 is 9.18 Å². The van der Waals surface area contributed by atoms with E-state index in [4.69, 9.17) is 4.98 Å². The van der Waals surface area contributed by atoms with Crippen LogP contribution in [0.2, 0.25) is 0 Å². The van der Waals surface area contributed by atoms with Gasteiger partial charge in [-0.3, -0.25) is 9.78 Å². The zero-order chi connectivity index (χ0) is 16.7. The second-order valence-electron chi connectivity index (χ2n) is 6.20. The first-order chi connectivity index (χ1) is 11.6. The van der Waals surface area contributed by atoms with Gasteiger partial charge >= 0.3 is 0 Å². The predicted molar refractivity (Wildman–Crippen MR) is 92.9 cm³/mol. The fraction of sp³-hybridized carbons (Fsp3) is 0.200. The molecule has 4 heteroatoms. The molecule has 0 saturated carbocycles. The smallest absolute Gasteiger partial charge is 0.256 e. The Morgan fingerprint density at radius 3 is 2.88 bits per heavy atom. The normalized spacial score (nSPS) is 13.1. The number of benzene rings is 2. The molecule has 3 nitrogen and oxygen atoms in total. The standard InChI is InChI=1S/C20H17FN2O/c1-12-9-10-13(21)11-18(12)23-20(24)19-14-5-2-3-7-16(14)22-17-8-4-6-15(17)19/h2-3,5,7,9-11H,4,6,8H2,1H3,(H,23,24). The van der Waals surface area contributed by atoms with Gasteiger partial charge in [-0.2, -0.15) is 0 Å². The molecule has 24 heavy (non-hydrogen) atoms. The van der Waals surface area contributed by atoms with Gasteiger partial charge in [-0.05, 0) is 55.5 Å². The van der Waals surface area contributed by atoms with Gasteiger partial charge in [0.05, 0.1) is 11.1 Å². The Hall–Kier alpha value is -2.75. The number of para-hydroxylation sites is 1. The molecule has 0 bridgehead atoms. The van der Waals surface area contributed by atoms with E-state index in [1.165, 1.54) is 12.1 Å². The first kappa shape index (κ1) is 14.8. The van der Waals surface area contributed by atoms with Crippen molar-refractivity contribution in [2.45, 2.75) is 26.2 Å². The van der Waals surface area contributed by atoms with Crippen molar-refractivity contribution in [2.75, 3.05) is 5.32 Å². The van der Waals surface area contributed by atoms with Crippen molar-refractivity contribution in [2.24, 2.45) is 0 Å². The molecule has 4 rings (SSSR count). The lowest BCUT2D eigenvalue weighted by Gasteiger charge is -2.14. The van der Waals surface area contributed by atoms with E-state index in [2.05, 4.69) is 5.32 Å². The van der Waals surface area contributed by atoms with Crippen LogP contribution >= 0.6 is 0 Å². The first-order valence-electron chi connectivity index (χ1n) is 8.11. The average molecular weight is 320 g/mol. The number of nitrogens with one attached hydrogen (secondary N) is 1. The van der Waals surface area contributed by atoms with Crippen LogP contribution in [0.25, 0.3) is 10.9 Å². The van der Waals surface area contributed by atoms with Crippen LogP contribution in [0.15, 0.2) is 42.5 Å². The number of halogens is 1. The molecule has 0 fully saturated rings. The van der Waals surface area contributed by atoms with E-state index >= 15 is 0 Å². The number of hydrogen-bond acceptors (Lipinski definition) is 2. The number of anilines is 1. The molecule has 1 N–H and O–H groups in total. The van der Waals surface area contributed by atoms with Gasteiger partial charge in [0.2, 0.25) is 0 Å². The van der Waals surface area contributed by atoms with E-state index in [0.29, 0.717) is 11.3 Å². The zero-order valence-electron chi connectivity index (χ0n) is 13.4. The summed E-state index contributed by atoms with van der Waals surface area (Å²) >= 11 is 0. The van der Waals surface area contributed by atoms with Gasteiger partial charge in [0.25, 0.3) is 5.91 Å². The van der Waals surface area contributed by atoms with E-state index in [1.54, 1.807) is 6.07 Å². The van der Waals surface area contributed by atoms with E-state index < -0.39 is 0 Å². The maximum absolute atomic E-state index is 13.5. The number of amides is 1. The van der Waals surface area contributed by atoms with E-state index in [9.17, 15) is 9.18 Å². The number of hydrogen-bond donors (Lipinski definition) is 1. The zero-order valence-corrected chi connectivity index (χ0v) is 13.4. The molecule has 0 aliphatic heterocycles. The third kappa shape index (κ3) is 2.44. The third-order valence-corrected chi connectivity index (χ3v) is 4.59. The fourth-order valence-electron chi connectivity index (χ4n) is 3.38. The van der Waals surface area contributed by atoms with Crippen LogP contribution in [0.1, 0.15) is 33.6 Å². The number of nitrogens with zero attached hydrogens (tertiary/aromatic N) is 1. The van der Waals surface area contributed by atoms with Crippen LogP contribution in [0, 0.1) is 12.7 Å². The van der Waals surface area contributed by atoms with Crippen LogP contribution in [0.4, 0.5) is 10.1 Å². The number of pyridine rings is 1. The highest BCUT2D eigenvalue weighted by Gasteiger charge is 2.24. The van der Waals surface area contributed by atoms with Gasteiger partial charge in [0, 0.05) is 16.8 Å². The number of carbonyl (C=O) groups excluding carboxylic acids is 1. The maximum atomic E-state index is 13.5. The largest absolute Gasteiger partial charge is 0.322 e. The lowest BCUT2D eigenvalue weighted by atomic mass is 10.0. The summed E-state index contributed by atoms with van der Waals surface area (Å²) in [5.41, 5.74) is 4.89. The average Bonchev–Trinajstić information content (AvgIpc) is 3.03. The summed E-state index contributed by atoms with van der Waals surface area (Å²) in [6.07, 6.45) is 2.77. The van der Waals surface area contributed by atoms with Gasteiger partial charge in [0.1, 0.15) is 5.82 Å². The Kier molecular flexibility index (Phi) is 3.53. The summed E-state index contributed by atoms with van der Waals surface area (Å²) in [7, 11) is 0. The minimum absolute atomic E-state index is 0.194. The number of aryl methyl sites for hydroxylation is 2. The molecule has 1 aliphatic carbocycles. The van der Waals surface area contributed by atoms with Crippen molar-refractivity contribution in [3.8, 4) is 0 Å². The molecule has 120 valence electrons. The predicted octanol–water partition coefficient (Wildman–Crippen LogP) is 4.42. The Balaban J connectivity index is 1.84. The second-order valence-corrected chi connectivity index (χ2v) is 6.20. The molecule has 1 amide bonds. The van der Waals surface area contributed by atoms with E-state index in [-0.39, 0.29) is 11.7 Å². The number of carbonyl (C=O) groups is 1. The molecule has 1 heterocycles. The molecule has 2 aromatic carbocycles. The summed E-state index contributed by atoms with van der Waals surface area (Å²) in [5, 5.41) is 3.73.